The van der Waals surface area contributed by atoms with Gasteiger partial charge in [0.1, 0.15) is 5.78 Å². The van der Waals surface area contributed by atoms with Gasteiger partial charge in [-0.3, -0.25) is 9.59 Å². The van der Waals surface area contributed by atoms with E-state index in [1.165, 1.54) is 13.3 Å². The van der Waals surface area contributed by atoms with Gasteiger partial charge in [0.15, 0.2) is 0 Å². The van der Waals surface area contributed by atoms with Crippen LogP contribution < -0.4 is 0 Å². The molecular formula is C12H22O3S. The lowest BCUT2D eigenvalue weighted by Gasteiger charge is -2.26. The summed E-state index contributed by atoms with van der Waals surface area (Å²) in [5.41, 5.74) is 0. The monoisotopic (exact) mass is 246 g/mol. The topological polar surface area (TPSA) is 43.4 Å². The molecule has 0 aliphatic heterocycles. The zero-order valence-corrected chi connectivity index (χ0v) is 11.3. The second kappa shape index (κ2) is 8.62. The van der Waals surface area contributed by atoms with Gasteiger partial charge in [-0.1, -0.05) is 33.1 Å². The molecule has 3 nitrogen and oxygen atoms in total. The summed E-state index contributed by atoms with van der Waals surface area (Å²) in [4.78, 5) is 22.4. The van der Waals surface area contributed by atoms with Crippen LogP contribution in [0.3, 0.4) is 0 Å². The summed E-state index contributed by atoms with van der Waals surface area (Å²) in [6.07, 6.45) is 4.84. The lowest BCUT2D eigenvalue weighted by atomic mass is 9.77. The maximum Gasteiger partial charge on any atom is 0.321 e. The molecule has 0 amide bonds. The van der Waals surface area contributed by atoms with E-state index in [0.29, 0.717) is 0 Å². The number of carbonyl (C=O) groups excluding carboxylic acids is 2. The summed E-state index contributed by atoms with van der Waals surface area (Å²) in [7, 11) is 0. The Hall–Kier alpha value is -0.510. The van der Waals surface area contributed by atoms with Gasteiger partial charge in [0.25, 0.3) is 0 Å². The van der Waals surface area contributed by atoms with E-state index >= 15 is 0 Å². The molecule has 0 heterocycles. The Balaban J connectivity index is 0.000000673. The first kappa shape index (κ1) is 15.5. The smallest absolute Gasteiger partial charge is 0.321 e. The van der Waals surface area contributed by atoms with Crippen LogP contribution in [0.4, 0.5) is 0 Å². The van der Waals surface area contributed by atoms with Gasteiger partial charge in [0.2, 0.25) is 0 Å². The standard InChI is InChI=1S/C9H14O3S.C3H8/c1-6(10)7-4-2-3-5-8(7)9(11)12-13;1-3-2/h7-8,13H,2-5H2,1H3;3H2,1-2H3. The number of carbonyl (C=O) groups is 2. The molecule has 16 heavy (non-hydrogen) atoms. The van der Waals surface area contributed by atoms with E-state index in [0.717, 1.165) is 25.7 Å². The van der Waals surface area contributed by atoms with Crippen LogP contribution in [0.1, 0.15) is 52.9 Å². The summed E-state index contributed by atoms with van der Waals surface area (Å²) in [6, 6.07) is 0. The van der Waals surface area contributed by atoms with Gasteiger partial charge in [-0.05, 0) is 19.8 Å². The van der Waals surface area contributed by atoms with Crippen LogP contribution in [-0.2, 0) is 13.8 Å². The van der Waals surface area contributed by atoms with Crippen molar-refractivity contribution >= 4 is 24.7 Å². The highest BCUT2D eigenvalue weighted by Crippen LogP contribution is 2.31. The average molecular weight is 246 g/mol. The molecule has 0 aromatic carbocycles. The van der Waals surface area contributed by atoms with Crippen LogP contribution in [0.25, 0.3) is 0 Å². The molecule has 1 aliphatic carbocycles. The number of rotatable bonds is 2. The predicted molar refractivity (Wildman–Crippen MR) is 67.2 cm³/mol. The minimum absolute atomic E-state index is 0.0865. The van der Waals surface area contributed by atoms with Crippen molar-refractivity contribution in [3.8, 4) is 0 Å². The quantitative estimate of drug-likeness (QED) is 0.601. The maximum absolute atomic E-state index is 11.2. The molecule has 0 saturated heterocycles. The first-order chi connectivity index (χ1) is 7.58. The minimum atomic E-state index is -0.358. The van der Waals surface area contributed by atoms with Gasteiger partial charge in [0, 0.05) is 18.8 Å². The number of hydrogen-bond donors (Lipinski definition) is 1. The van der Waals surface area contributed by atoms with Crippen LogP contribution in [0.5, 0.6) is 0 Å². The second-order valence-corrected chi connectivity index (χ2v) is 4.41. The largest absolute Gasteiger partial charge is 0.394 e. The molecule has 0 spiro atoms. The van der Waals surface area contributed by atoms with Gasteiger partial charge in [-0.15, -0.1) is 0 Å². The summed E-state index contributed by atoms with van der Waals surface area (Å²) in [5, 5.41) is 0. The van der Waals surface area contributed by atoms with Gasteiger partial charge in [-0.25, -0.2) is 0 Å². The van der Waals surface area contributed by atoms with Crippen molar-refractivity contribution in [1.82, 2.24) is 0 Å². The van der Waals surface area contributed by atoms with Crippen molar-refractivity contribution in [2.24, 2.45) is 11.8 Å². The second-order valence-electron chi connectivity index (χ2n) is 4.23. The Kier molecular flexibility index (Phi) is 8.35. The van der Waals surface area contributed by atoms with Crippen LogP contribution in [0, 0.1) is 11.8 Å². The molecule has 0 N–H and O–H groups in total. The van der Waals surface area contributed by atoms with E-state index in [1.807, 2.05) is 0 Å². The van der Waals surface area contributed by atoms with E-state index < -0.39 is 0 Å². The van der Waals surface area contributed by atoms with Crippen LogP contribution >= 0.6 is 12.9 Å². The summed E-state index contributed by atoms with van der Waals surface area (Å²) in [5.74, 6) is -0.677. The first-order valence-electron chi connectivity index (χ1n) is 5.94. The highest BCUT2D eigenvalue weighted by Gasteiger charge is 2.34. The Labute approximate surface area is 104 Å². The number of thiol groups is 1. The number of ketones is 1. The Bertz CT molecular complexity index is 228. The summed E-state index contributed by atoms with van der Waals surface area (Å²) < 4.78 is 4.37. The Morgan fingerprint density at radius 2 is 1.62 bits per heavy atom. The molecular weight excluding hydrogens is 224 g/mol. The number of Topliss-reactive ketones (excluding diaryl/α,β-unsaturated/α-hetero) is 1. The molecule has 0 aromatic heterocycles. The van der Waals surface area contributed by atoms with E-state index in [9.17, 15) is 9.59 Å². The molecule has 1 aliphatic rings. The normalized spacial score (nSPS) is 24.0. The Morgan fingerprint density at radius 1 is 1.19 bits per heavy atom. The maximum atomic E-state index is 11.2. The molecule has 0 aromatic rings. The van der Waals surface area contributed by atoms with Gasteiger partial charge in [-0.2, -0.15) is 0 Å². The van der Waals surface area contributed by atoms with Crippen LogP contribution in [0.2, 0.25) is 0 Å². The molecule has 94 valence electrons. The van der Waals surface area contributed by atoms with E-state index in [2.05, 4.69) is 30.9 Å². The fourth-order valence-corrected chi connectivity index (χ4v) is 2.10. The predicted octanol–water partition coefficient (Wildman–Crippen LogP) is 3.19. The van der Waals surface area contributed by atoms with Gasteiger partial charge < -0.3 is 4.18 Å². The third kappa shape index (κ3) is 5.01. The molecule has 2 atom stereocenters. The average Bonchev–Trinajstić information content (AvgIpc) is 2.29. The van der Waals surface area contributed by atoms with E-state index in [-0.39, 0.29) is 23.6 Å². The van der Waals surface area contributed by atoms with E-state index in [4.69, 9.17) is 0 Å². The van der Waals surface area contributed by atoms with E-state index in [1.54, 1.807) is 0 Å². The van der Waals surface area contributed by atoms with Crippen LogP contribution in [0.15, 0.2) is 0 Å². The molecule has 2 unspecified atom stereocenters. The molecule has 0 bridgehead atoms. The lowest BCUT2D eigenvalue weighted by Crippen LogP contribution is -2.31. The highest BCUT2D eigenvalue weighted by molar-refractivity contribution is 7.75. The summed E-state index contributed by atoms with van der Waals surface area (Å²) >= 11 is 3.47. The Morgan fingerprint density at radius 3 is 2.00 bits per heavy atom. The third-order valence-corrected chi connectivity index (χ3v) is 2.86. The summed E-state index contributed by atoms with van der Waals surface area (Å²) in [6.45, 7) is 5.79. The van der Waals surface area contributed by atoms with Crippen molar-refractivity contribution in [1.29, 1.82) is 0 Å². The fraction of sp³-hybridized carbons (Fsp3) is 0.833. The van der Waals surface area contributed by atoms with Crippen molar-refractivity contribution in [3.05, 3.63) is 0 Å². The molecule has 4 heteroatoms. The zero-order valence-electron chi connectivity index (χ0n) is 10.4. The number of hydrogen-bond acceptors (Lipinski definition) is 4. The molecule has 1 saturated carbocycles. The van der Waals surface area contributed by atoms with Crippen molar-refractivity contribution < 1.29 is 13.8 Å². The SMILES string of the molecule is CC(=O)C1CCCCC1C(=O)OS.CCC. The molecule has 1 fully saturated rings. The first-order valence-corrected chi connectivity index (χ1v) is 6.30. The zero-order chi connectivity index (χ0) is 12.6. The molecule has 0 radical (unpaired) electrons. The van der Waals surface area contributed by atoms with Crippen molar-refractivity contribution in [3.63, 3.8) is 0 Å². The van der Waals surface area contributed by atoms with Crippen molar-refractivity contribution in [2.45, 2.75) is 52.9 Å². The lowest BCUT2D eigenvalue weighted by molar-refractivity contribution is -0.144. The molecule has 1 rings (SSSR count). The van der Waals surface area contributed by atoms with Gasteiger partial charge >= 0.3 is 5.97 Å². The third-order valence-electron chi connectivity index (χ3n) is 2.68. The highest BCUT2D eigenvalue weighted by atomic mass is 32.1. The minimum Gasteiger partial charge on any atom is -0.394 e. The van der Waals surface area contributed by atoms with Crippen molar-refractivity contribution in [2.75, 3.05) is 0 Å². The van der Waals surface area contributed by atoms with Crippen LogP contribution in [-0.4, -0.2) is 11.8 Å². The fourth-order valence-electron chi connectivity index (χ4n) is 1.97. The van der Waals surface area contributed by atoms with Gasteiger partial charge in [0.05, 0.1) is 5.92 Å².